The molecule has 3 N–H and O–H groups in total. The zero-order chi connectivity index (χ0) is 47.2. The monoisotopic (exact) mass is 916 g/mol. The van der Waals surface area contributed by atoms with Crippen molar-refractivity contribution in [2.45, 2.75) is 328 Å². The summed E-state index contributed by atoms with van der Waals surface area (Å²) in [7, 11) is 0. The molecule has 0 saturated carbocycles. The summed E-state index contributed by atoms with van der Waals surface area (Å²) in [5.41, 5.74) is 0. The molecule has 0 rings (SSSR count). The summed E-state index contributed by atoms with van der Waals surface area (Å²) in [5.74, 6) is -0.0735. The van der Waals surface area contributed by atoms with Gasteiger partial charge in [-0.2, -0.15) is 0 Å². The van der Waals surface area contributed by atoms with Crippen molar-refractivity contribution in [2.24, 2.45) is 0 Å². The average molecular weight is 917 g/mol. The van der Waals surface area contributed by atoms with Crippen LogP contribution < -0.4 is 5.32 Å². The third-order valence-electron chi connectivity index (χ3n) is 13.5. The van der Waals surface area contributed by atoms with Crippen LogP contribution in [0.2, 0.25) is 0 Å². The first kappa shape index (κ1) is 63.3. The van der Waals surface area contributed by atoms with Gasteiger partial charge in [0, 0.05) is 12.8 Å². The van der Waals surface area contributed by atoms with Crippen molar-refractivity contribution in [2.75, 3.05) is 13.2 Å². The van der Waals surface area contributed by atoms with Crippen molar-refractivity contribution in [1.82, 2.24) is 5.32 Å². The quantitative estimate of drug-likeness (QED) is 0.0321. The number of unbranched alkanes of at least 4 members (excludes halogenated alkanes) is 41. The zero-order valence-electron chi connectivity index (χ0n) is 43.7. The highest BCUT2D eigenvalue weighted by atomic mass is 16.5. The van der Waals surface area contributed by atoms with Gasteiger partial charge in [0.25, 0.3) is 0 Å². The molecule has 0 aromatic heterocycles. The Balaban J connectivity index is 3.45. The van der Waals surface area contributed by atoms with Crippen LogP contribution in [0.1, 0.15) is 316 Å². The minimum atomic E-state index is -0.847. The molecule has 1 amide bonds. The number of nitrogens with one attached hydrogen (secondary N) is 1. The van der Waals surface area contributed by atoms with Gasteiger partial charge in [0.05, 0.1) is 25.4 Å². The molecule has 2 unspecified atom stereocenters. The molecule has 0 spiro atoms. The normalized spacial score (nSPS) is 12.7. The lowest BCUT2D eigenvalue weighted by Crippen LogP contribution is -2.45. The Hall–Kier alpha value is -1.66. The van der Waals surface area contributed by atoms with E-state index in [1.165, 1.54) is 244 Å². The summed E-state index contributed by atoms with van der Waals surface area (Å²) in [5, 5.41) is 23.1. The molecular formula is C59H113NO5. The zero-order valence-corrected chi connectivity index (χ0v) is 43.7. The third kappa shape index (κ3) is 51.6. The third-order valence-corrected chi connectivity index (χ3v) is 13.5. The largest absolute Gasteiger partial charge is 0.466 e. The number of carbonyl (C=O) groups is 2. The maximum Gasteiger partial charge on any atom is 0.305 e. The molecule has 0 bridgehead atoms. The molecule has 65 heavy (non-hydrogen) atoms. The summed E-state index contributed by atoms with van der Waals surface area (Å²) in [4.78, 5) is 24.5. The fourth-order valence-electron chi connectivity index (χ4n) is 8.98. The number of ether oxygens (including phenoxy) is 1. The molecule has 384 valence electrons. The van der Waals surface area contributed by atoms with Crippen LogP contribution in [0.3, 0.4) is 0 Å². The smallest absolute Gasteiger partial charge is 0.305 e. The van der Waals surface area contributed by atoms with Crippen LogP contribution in [-0.2, 0) is 14.3 Å². The summed E-state index contributed by atoms with van der Waals surface area (Å²) in [6.07, 6.45) is 66.2. The Bertz CT molecular complexity index is 1010. The molecule has 0 aliphatic heterocycles. The highest BCUT2D eigenvalue weighted by Gasteiger charge is 2.18. The van der Waals surface area contributed by atoms with Crippen molar-refractivity contribution < 1.29 is 24.5 Å². The first-order valence-corrected chi connectivity index (χ1v) is 29.1. The van der Waals surface area contributed by atoms with E-state index in [0.29, 0.717) is 19.4 Å². The van der Waals surface area contributed by atoms with Gasteiger partial charge in [-0.1, -0.05) is 269 Å². The number of carbonyl (C=O) groups excluding carboxylic acids is 2. The lowest BCUT2D eigenvalue weighted by molar-refractivity contribution is -0.143. The SMILES string of the molecule is CCCCC/C=C\CCCCCCCC(=O)OCCCCCCCCCCCCCCCCCCCCC(=O)NC(CO)C(O)/C=C/CCCCCCCCCCCCCCCCCC. The number of aliphatic hydroxyl groups is 2. The summed E-state index contributed by atoms with van der Waals surface area (Å²) in [6.45, 7) is 4.88. The van der Waals surface area contributed by atoms with Crippen LogP contribution in [-0.4, -0.2) is 47.4 Å². The maximum absolute atomic E-state index is 12.5. The van der Waals surface area contributed by atoms with E-state index in [4.69, 9.17) is 4.74 Å². The van der Waals surface area contributed by atoms with E-state index in [-0.39, 0.29) is 18.5 Å². The van der Waals surface area contributed by atoms with Gasteiger partial charge in [-0.3, -0.25) is 9.59 Å². The Labute approximate surface area is 405 Å². The lowest BCUT2D eigenvalue weighted by Gasteiger charge is -2.20. The predicted molar refractivity (Wildman–Crippen MR) is 283 cm³/mol. The minimum absolute atomic E-state index is 0.00342. The van der Waals surface area contributed by atoms with Crippen LogP contribution >= 0.6 is 0 Å². The number of hydrogen-bond donors (Lipinski definition) is 3. The molecule has 2 atom stereocenters. The number of amides is 1. The van der Waals surface area contributed by atoms with Gasteiger partial charge in [-0.25, -0.2) is 0 Å². The van der Waals surface area contributed by atoms with Crippen LogP contribution in [0.25, 0.3) is 0 Å². The first-order valence-electron chi connectivity index (χ1n) is 29.1. The number of allylic oxidation sites excluding steroid dienone is 3. The van der Waals surface area contributed by atoms with Gasteiger partial charge >= 0.3 is 5.97 Å². The van der Waals surface area contributed by atoms with Gasteiger partial charge in [-0.05, 0) is 57.8 Å². The van der Waals surface area contributed by atoms with Crippen molar-refractivity contribution in [3.8, 4) is 0 Å². The Morgan fingerprint density at radius 2 is 0.723 bits per heavy atom. The molecule has 0 radical (unpaired) electrons. The second kappa shape index (κ2) is 54.9. The van der Waals surface area contributed by atoms with Crippen molar-refractivity contribution in [1.29, 1.82) is 0 Å². The molecule has 0 aromatic rings. The molecule has 0 aliphatic carbocycles. The van der Waals surface area contributed by atoms with Gasteiger partial charge < -0.3 is 20.3 Å². The summed E-state index contributed by atoms with van der Waals surface area (Å²) in [6, 6.07) is -0.631. The van der Waals surface area contributed by atoms with E-state index in [1.807, 2.05) is 6.08 Å². The molecule has 0 fully saturated rings. The van der Waals surface area contributed by atoms with E-state index in [2.05, 4.69) is 31.3 Å². The van der Waals surface area contributed by atoms with Crippen molar-refractivity contribution in [3.05, 3.63) is 24.3 Å². The van der Waals surface area contributed by atoms with E-state index < -0.39 is 12.1 Å². The standard InChI is InChI=1S/C59H113NO5/c1-3-5-7-9-11-13-15-17-18-19-22-25-28-31-35-39-43-47-51-57(62)56(55-61)60-58(63)52-48-44-40-36-32-29-26-23-20-21-24-27-30-34-38-42-46-50-54-65-59(64)53-49-45-41-37-33-16-14-12-10-8-6-4-2/h12,14,47,51,56-57,61-62H,3-11,13,15-46,48-50,52-55H2,1-2H3,(H,60,63)/b14-12-,51-47+. The summed E-state index contributed by atoms with van der Waals surface area (Å²) < 4.78 is 5.46. The molecular weight excluding hydrogens is 803 g/mol. The number of hydrogen-bond acceptors (Lipinski definition) is 5. The van der Waals surface area contributed by atoms with Gasteiger partial charge in [-0.15, -0.1) is 0 Å². The van der Waals surface area contributed by atoms with Gasteiger partial charge in [0.15, 0.2) is 0 Å². The molecule has 0 saturated heterocycles. The highest BCUT2D eigenvalue weighted by Crippen LogP contribution is 2.17. The average Bonchev–Trinajstić information content (AvgIpc) is 3.31. The number of rotatable bonds is 54. The second-order valence-corrected chi connectivity index (χ2v) is 20.0. The Morgan fingerprint density at radius 3 is 1.12 bits per heavy atom. The first-order chi connectivity index (χ1) is 32.0. The second-order valence-electron chi connectivity index (χ2n) is 20.0. The van der Waals surface area contributed by atoms with Gasteiger partial charge in [0.2, 0.25) is 5.91 Å². The molecule has 0 aromatic carbocycles. The predicted octanol–water partition coefficient (Wildman–Crippen LogP) is 17.9. The Morgan fingerprint density at radius 1 is 0.415 bits per heavy atom. The molecule has 6 heteroatoms. The number of aliphatic hydroxyl groups excluding tert-OH is 2. The topological polar surface area (TPSA) is 95.9 Å². The van der Waals surface area contributed by atoms with Crippen LogP contribution in [0.15, 0.2) is 24.3 Å². The fourth-order valence-corrected chi connectivity index (χ4v) is 8.98. The molecule has 0 heterocycles. The lowest BCUT2D eigenvalue weighted by atomic mass is 10.0. The van der Waals surface area contributed by atoms with E-state index in [1.54, 1.807) is 6.08 Å². The van der Waals surface area contributed by atoms with Crippen molar-refractivity contribution >= 4 is 11.9 Å². The molecule has 0 aliphatic rings. The fraction of sp³-hybridized carbons (Fsp3) is 0.898. The highest BCUT2D eigenvalue weighted by molar-refractivity contribution is 5.76. The Kier molecular flexibility index (Phi) is 53.5. The van der Waals surface area contributed by atoms with E-state index in [9.17, 15) is 19.8 Å². The van der Waals surface area contributed by atoms with Crippen molar-refractivity contribution in [3.63, 3.8) is 0 Å². The van der Waals surface area contributed by atoms with Crippen LogP contribution in [0.5, 0.6) is 0 Å². The molecule has 6 nitrogen and oxygen atoms in total. The number of esters is 1. The maximum atomic E-state index is 12.5. The van der Waals surface area contributed by atoms with Crippen LogP contribution in [0.4, 0.5) is 0 Å². The van der Waals surface area contributed by atoms with E-state index >= 15 is 0 Å². The van der Waals surface area contributed by atoms with Crippen LogP contribution in [0, 0.1) is 0 Å². The minimum Gasteiger partial charge on any atom is -0.466 e. The summed E-state index contributed by atoms with van der Waals surface area (Å²) >= 11 is 0. The van der Waals surface area contributed by atoms with E-state index in [0.717, 1.165) is 44.9 Å². The van der Waals surface area contributed by atoms with Gasteiger partial charge in [0.1, 0.15) is 0 Å².